The Bertz CT molecular complexity index is 498. The van der Waals surface area contributed by atoms with Crippen molar-refractivity contribution in [3.8, 4) is 6.07 Å². The monoisotopic (exact) mass is 262 g/mol. The van der Waals surface area contributed by atoms with Gasteiger partial charge in [-0.2, -0.15) is 19.9 Å². The Morgan fingerprint density at radius 2 is 1.89 bits per heavy atom. The molecule has 0 aliphatic carbocycles. The summed E-state index contributed by atoms with van der Waals surface area (Å²) >= 11 is 0. The van der Waals surface area contributed by atoms with E-state index in [9.17, 15) is 4.79 Å². The van der Waals surface area contributed by atoms with Gasteiger partial charge in [-0.15, -0.1) is 0 Å². The van der Waals surface area contributed by atoms with Crippen molar-refractivity contribution in [2.45, 2.75) is 26.4 Å². The first-order chi connectivity index (χ1) is 8.92. The molecule has 0 aromatic heterocycles. The molecule has 6 nitrogen and oxygen atoms in total. The number of carbonyl (C=O) groups excluding carboxylic acids is 1. The molecule has 1 rings (SSSR count). The van der Waals surface area contributed by atoms with Crippen LogP contribution in [0.3, 0.4) is 0 Å². The maximum absolute atomic E-state index is 11.1. The maximum atomic E-state index is 11.1. The zero-order chi connectivity index (χ0) is 14.3. The SMILES string of the molecule is CC(C)(C)OC(=O)OON=C(C#N)c1ccccc1. The minimum Gasteiger partial charge on any atom is -0.426 e. The summed E-state index contributed by atoms with van der Waals surface area (Å²) in [6.07, 6.45) is -1.03. The molecule has 1 aromatic rings. The van der Waals surface area contributed by atoms with Gasteiger partial charge in [0.2, 0.25) is 0 Å². The summed E-state index contributed by atoms with van der Waals surface area (Å²) in [4.78, 5) is 19.8. The molecule has 0 aliphatic heterocycles. The van der Waals surface area contributed by atoms with Gasteiger partial charge in [0, 0.05) is 5.56 Å². The topological polar surface area (TPSA) is 80.9 Å². The third-order valence-corrected chi connectivity index (χ3v) is 1.78. The van der Waals surface area contributed by atoms with Gasteiger partial charge in [-0.3, -0.25) is 0 Å². The summed E-state index contributed by atoms with van der Waals surface area (Å²) < 4.78 is 4.82. The molecule has 0 heterocycles. The minimum absolute atomic E-state index is 0.0100. The Kier molecular flexibility index (Phi) is 4.89. The molecule has 100 valence electrons. The molecule has 0 atom stereocenters. The smallest absolute Gasteiger partial charge is 0.426 e. The number of benzene rings is 1. The summed E-state index contributed by atoms with van der Waals surface area (Å²) in [7, 11) is 0. The predicted molar refractivity (Wildman–Crippen MR) is 67.0 cm³/mol. The Morgan fingerprint density at radius 1 is 1.26 bits per heavy atom. The van der Waals surface area contributed by atoms with Crippen LogP contribution in [-0.4, -0.2) is 17.5 Å². The summed E-state index contributed by atoms with van der Waals surface area (Å²) in [5.41, 5.74) is -0.149. The second-order valence-corrected chi connectivity index (χ2v) is 4.54. The molecule has 19 heavy (non-hydrogen) atoms. The Labute approximate surface area is 111 Å². The highest BCUT2D eigenvalue weighted by atomic mass is 17.3. The van der Waals surface area contributed by atoms with Gasteiger partial charge in [0.15, 0.2) is 5.71 Å². The molecule has 1 aromatic carbocycles. The van der Waals surface area contributed by atoms with E-state index in [0.29, 0.717) is 5.56 Å². The van der Waals surface area contributed by atoms with Crippen molar-refractivity contribution in [2.75, 3.05) is 0 Å². The Hall–Kier alpha value is -2.55. The fraction of sp³-hybridized carbons (Fsp3) is 0.308. The van der Waals surface area contributed by atoms with Crippen molar-refractivity contribution in [3.05, 3.63) is 35.9 Å². The lowest BCUT2D eigenvalue weighted by atomic mass is 10.1. The van der Waals surface area contributed by atoms with Gasteiger partial charge in [-0.05, 0) is 25.9 Å². The van der Waals surface area contributed by atoms with E-state index >= 15 is 0 Å². The fourth-order valence-corrected chi connectivity index (χ4v) is 1.09. The van der Waals surface area contributed by atoms with Crippen LogP contribution in [0.15, 0.2) is 35.5 Å². The van der Waals surface area contributed by atoms with E-state index in [-0.39, 0.29) is 5.71 Å². The van der Waals surface area contributed by atoms with Crippen LogP contribution in [0.25, 0.3) is 0 Å². The highest BCUT2D eigenvalue weighted by Crippen LogP contribution is 2.08. The summed E-state index contributed by atoms with van der Waals surface area (Å²) in [5, 5.41) is 12.3. The molecule has 6 heteroatoms. The number of oxime groups is 1. The summed E-state index contributed by atoms with van der Waals surface area (Å²) in [6, 6.07) is 10.5. The van der Waals surface area contributed by atoms with Crippen molar-refractivity contribution in [2.24, 2.45) is 5.16 Å². The van der Waals surface area contributed by atoms with Crippen LogP contribution in [0.5, 0.6) is 0 Å². The van der Waals surface area contributed by atoms with E-state index in [0.717, 1.165) is 0 Å². The molecule has 0 aliphatic rings. The molecule has 0 unspecified atom stereocenters. The zero-order valence-corrected chi connectivity index (χ0v) is 10.9. The van der Waals surface area contributed by atoms with E-state index in [2.05, 4.69) is 15.0 Å². The second-order valence-electron chi connectivity index (χ2n) is 4.54. The molecular weight excluding hydrogens is 248 g/mol. The van der Waals surface area contributed by atoms with Crippen LogP contribution < -0.4 is 0 Å². The third kappa shape index (κ3) is 5.55. The number of carbonyl (C=O) groups is 1. The van der Waals surface area contributed by atoms with Crippen LogP contribution in [0.4, 0.5) is 4.79 Å². The molecule has 0 bridgehead atoms. The first-order valence-electron chi connectivity index (χ1n) is 5.52. The minimum atomic E-state index is -1.03. The molecule has 0 spiro atoms. The van der Waals surface area contributed by atoms with Gasteiger partial charge in [-0.25, -0.2) is 0 Å². The zero-order valence-electron chi connectivity index (χ0n) is 10.9. The average Bonchev–Trinajstić information content (AvgIpc) is 2.33. The number of rotatable bonds is 3. The van der Waals surface area contributed by atoms with Crippen LogP contribution in [0.2, 0.25) is 0 Å². The van der Waals surface area contributed by atoms with Gasteiger partial charge in [-0.1, -0.05) is 30.3 Å². The molecule has 0 saturated carbocycles. The van der Waals surface area contributed by atoms with E-state index in [1.807, 2.05) is 6.07 Å². The van der Waals surface area contributed by atoms with Crippen molar-refractivity contribution < 1.29 is 19.4 Å². The first-order valence-corrected chi connectivity index (χ1v) is 5.52. The van der Waals surface area contributed by atoms with Crippen LogP contribution >= 0.6 is 0 Å². The second kappa shape index (κ2) is 6.40. The van der Waals surface area contributed by atoms with E-state index in [1.54, 1.807) is 51.1 Å². The largest absolute Gasteiger partial charge is 0.552 e. The summed E-state index contributed by atoms with van der Waals surface area (Å²) in [5.74, 6) is 0. The fourth-order valence-electron chi connectivity index (χ4n) is 1.09. The van der Waals surface area contributed by atoms with Crippen molar-refractivity contribution in [3.63, 3.8) is 0 Å². The Balaban J connectivity index is 2.57. The van der Waals surface area contributed by atoms with Gasteiger partial charge < -0.3 is 4.74 Å². The normalized spacial score (nSPS) is 11.4. The molecule has 0 fully saturated rings. The van der Waals surface area contributed by atoms with Gasteiger partial charge in [0.05, 0.1) is 0 Å². The lowest BCUT2D eigenvalue weighted by Crippen LogP contribution is -2.24. The lowest BCUT2D eigenvalue weighted by Gasteiger charge is -2.16. The van der Waals surface area contributed by atoms with Crippen LogP contribution in [0.1, 0.15) is 26.3 Å². The highest BCUT2D eigenvalue weighted by Gasteiger charge is 2.18. The van der Waals surface area contributed by atoms with Gasteiger partial charge >= 0.3 is 6.16 Å². The number of hydrogen-bond donors (Lipinski definition) is 0. The molecule has 0 amide bonds. The van der Waals surface area contributed by atoms with Crippen molar-refractivity contribution in [1.82, 2.24) is 0 Å². The van der Waals surface area contributed by atoms with Gasteiger partial charge in [0.1, 0.15) is 11.7 Å². The maximum Gasteiger partial charge on any atom is 0.552 e. The van der Waals surface area contributed by atoms with E-state index in [1.165, 1.54) is 0 Å². The van der Waals surface area contributed by atoms with Crippen LogP contribution in [0, 0.1) is 11.3 Å². The quantitative estimate of drug-likeness (QED) is 0.362. The molecule has 0 saturated heterocycles. The number of nitriles is 1. The summed E-state index contributed by atoms with van der Waals surface area (Å²) in [6.45, 7) is 5.05. The molecular formula is C13H14N2O4. The average molecular weight is 262 g/mol. The number of ether oxygens (including phenoxy) is 1. The van der Waals surface area contributed by atoms with Gasteiger partial charge in [0.25, 0.3) is 0 Å². The highest BCUT2D eigenvalue weighted by molar-refractivity contribution is 6.11. The molecule has 0 N–H and O–H groups in total. The van der Waals surface area contributed by atoms with Crippen molar-refractivity contribution in [1.29, 1.82) is 5.26 Å². The molecule has 0 radical (unpaired) electrons. The first kappa shape index (κ1) is 14.5. The van der Waals surface area contributed by atoms with Crippen molar-refractivity contribution >= 4 is 11.9 Å². The number of hydrogen-bond acceptors (Lipinski definition) is 6. The number of nitrogens with zero attached hydrogens (tertiary/aromatic N) is 2. The third-order valence-electron chi connectivity index (χ3n) is 1.78. The van der Waals surface area contributed by atoms with Crippen LogP contribution in [-0.2, 0) is 14.6 Å². The standard InChI is InChI=1S/C13H14N2O4/c1-13(2,3)17-12(16)18-19-15-11(9-14)10-7-5-4-6-8-10/h4-8H,1-3H3. The van der Waals surface area contributed by atoms with E-state index in [4.69, 9.17) is 10.00 Å². The lowest BCUT2D eigenvalue weighted by molar-refractivity contribution is -0.261. The van der Waals surface area contributed by atoms with E-state index < -0.39 is 11.8 Å². The Morgan fingerprint density at radius 3 is 2.42 bits per heavy atom. The predicted octanol–water partition coefficient (Wildman–Crippen LogP) is 2.80.